The van der Waals surface area contributed by atoms with Crippen molar-refractivity contribution >= 4 is 12.1 Å². The molecular formula is C13H22N4O4. The van der Waals surface area contributed by atoms with Crippen LogP contribution in [-0.4, -0.2) is 39.3 Å². The highest BCUT2D eigenvalue weighted by Crippen LogP contribution is 2.09. The van der Waals surface area contributed by atoms with Crippen molar-refractivity contribution in [2.75, 3.05) is 6.61 Å². The summed E-state index contributed by atoms with van der Waals surface area (Å²) in [4.78, 5) is 23.4. The molecule has 0 unspecified atom stereocenters. The van der Waals surface area contributed by atoms with Gasteiger partial charge in [0, 0.05) is 6.54 Å². The highest BCUT2D eigenvalue weighted by Gasteiger charge is 2.22. The van der Waals surface area contributed by atoms with Crippen molar-refractivity contribution in [2.24, 2.45) is 0 Å². The highest BCUT2D eigenvalue weighted by molar-refractivity contribution is 5.88. The fraction of sp³-hybridized carbons (Fsp3) is 0.692. The van der Waals surface area contributed by atoms with Crippen molar-refractivity contribution < 1.29 is 19.1 Å². The van der Waals surface area contributed by atoms with Crippen LogP contribution in [0.25, 0.3) is 0 Å². The van der Waals surface area contributed by atoms with E-state index in [1.165, 1.54) is 4.68 Å². The average Bonchev–Trinajstić information content (AvgIpc) is 2.77. The predicted octanol–water partition coefficient (Wildman–Crippen LogP) is 1.50. The zero-order valence-corrected chi connectivity index (χ0v) is 13.1. The lowest BCUT2D eigenvalue weighted by atomic mass is 10.2. The van der Waals surface area contributed by atoms with Gasteiger partial charge in [-0.2, -0.15) is 0 Å². The summed E-state index contributed by atoms with van der Waals surface area (Å²) in [6, 6.07) is 0. The smallest absolute Gasteiger partial charge is 0.407 e. The van der Waals surface area contributed by atoms with Gasteiger partial charge in [0.15, 0.2) is 5.69 Å². The molecule has 1 aromatic rings. The summed E-state index contributed by atoms with van der Waals surface area (Å²) in [7, 11) is 0. The van der Waals surface area contributed by atoms with Crippen LogP contribution in [0.1, 0.15) is 50.8 Å². The van der Waals surface area contributed by atoms with E-state index in [2.05, 4.69) is 15.6 Å². The molecular weight excluding hydrogens is 276 g/mol. The number of hydrogen-bond donors (Lipinski definition) is 1. The van der Waals surface area contributed by atoms with E-state index >= 15 is 0 Å². The zero-order chi connectivity index (χ0) is 16.0. The molecule has 0 aromatic carbocycles. The third kappa shape index (κ3) is 5.05. The summed E-state index contributed by atoms with van der Waals surface area (Å²) < 4.78 is 11.6. The summed E-state index contributed by atoms with van der Waals surface area (Å²) in [6.45, 7) is 9.75. The number of ether oxygens (including phenoxy) is 2. The van der Waals surface area contributed by atoms with Gasteiger partial charge in [-0.1, -0.05) is 5.21 Å². The number of nitrogens with zero attached hydrogens (tertiary/aromatic N) is 3. The number of rotatable bonds is 5. The number of carbonyl (C=O) groups is 2. The fourth-order valence-corrected chi connectivity index (χ4v) is 1.59. The lowest BCUT2D eigenvalue weighted by molar-refractivity contribution is 0.0497. The third-order valence-electron chi connectivity index (χ3n) is 2.40. The van der Waals surface area contributed by atoms with E-state index < -0.39 is 17.7 Å². The van der Waals surface area contributed by atoms with E-state index in [9.17, 15) is 9.59 Å². The number of carbonyl (C=O) groups excluding carboxylic acids is 2. The molecule has 1 heterocycles. The predicted molar refractivity (Wildman–Crippen MR) is 74.7 cm³/mol. The van der Waals surface area contributed by atoms with Gasteiger partial charge in [0.25, 0.3) is 0 Å². The van der Waals surface area contributed by atoms with Crippen LogP contribution in [0.15, 0.2) is 0 Å². The molecule has 21 heavy (non-hydrogen) atoms. The van der Waals surface area contributed by atoms with Crippen LogP contribution in [-0.2, 0) is 22.6 Å². The SMILES string of the molecule is CCOC(=O)c1nnn(CC)c1CNC(=O)OC(C)(C)C. The highest BCUT2D eigenvalue weighted by atomic mass is 16.6. The molecule has 1 rings (SSSR count). The molecule has 118 valence electrons. The van der Waals surface area contributed by atoms with Gasteiger partial charge >= 0.3 is 12.1 Å². The van der Waals surface area contributed by atoms with E-state index in [1.807, 2.05) is 6.92 Å². The summed E-state index contributed by atoms with van der Waals surface area (Å²) in [5.74, 6) is -0.557. The number of esters is 1. The van der Waals surface area contributed by atoms with Crippen molar-refractivity contribution in [2.45, 2.75) is 53.3 Å². The Morgan fingerprint density at radius 2 is 1.95 bits per heavy atom. The van der Waals surface area contributed by atoms with Crippen LogP contribution < -0.4 is 5.32 Å². The Bertz CT molecular complexity index is 505. The van der Waals surface area contributed by atoms with Gasteiger partial charge in [0.05, 0.1) is 18.8 Å². The van der Waals surface area contributed by atoms with Crippen LogP contribution >= 0.6 is 0 Å². The van der Waals surface area contributed by atoms with Gasteiger partial charge < -0.3 is 14.8 Å². The molecule has 0 saturated heterocycles. The number of hydrogen-bond acceptors (Lipinski definition) is 6. The Kier molecular flexibility index (Phi) is 5.69. The van der Waals surface area contributed by atoms with Crippen molar-refractivity contribution in [3.05, 3.63) is 11.4 Å². The molecule has 0 aliphatic heterocycles. The minimum absolute atomic E-state index is 0.0872. The Hall–Kier alpha value is -2.12. The van der Waals surface area contributed by atoms with E-state index in [4.69, 9.17) is 9.47 Å². The van der Waals surface area contributed by atoms with E-state index in [1.54, 1.807) is 27.7 Å². The maximum absolute atomic E-state index is 11.8. The average molecular weight is 298 g/mol. The Labute approximate surface area is 123 Å². The summed E-state index contributed by atoms with van der Waals surface area (Å²) in [6.07, 6.45) is -0.568. The quantitative estimate of drug-likeness (QED) is 0.828. The molecule has 1 N–H and O–H groups in total. The zero-order valence-electron chi connectivity index (χ0n) is 13.1. The molecule has 0 radical (unpaired) electrons. The first-order valence-corrected chi connectivity index (χ1v) is 6.84. The summed E-state index contributed by atoms with van der Waals surface area (Å²) in [5, 5.41) is 10.3. The third-order valence-corrected chi connectivity index (χ3v) is 2.40. The molecule has 0 atom stereocenters. The monoisotopic (exact) mass is 298 g/mol. The lowest BCUT2D eigenvalue weighted by Crippen LogP contribution is -2.33. The lowest BCUT2D eigenvalue weighted by Gasteiger charge is -2.19. The van der Waals surface area contributed by atoms with Crippen LogP contribution in [0.4, 0.5) is 4.79 Å². The number of amides is 1. The van der Waals surface area contributed by atoms with E-state index in [0.717, 1.165) is 0 Å². The molecule has 0 bridgehead atoms. The van der Waals surface area contributed by atoms with Crippen LogP contribution in [0.2, 0.25) is 0 Å². The number of alkyl carbamates (subject to hydrolysis) is 1. The van der Waals surface area contributed by atoms with Crippen molar-refractivity contribution in [1.82, 2.24) is 20.3 Å². The van der Waals surface area contributed by atoms with Gasteiger partial charge in [0.1, 0.15) is 5.60 Å². The van der Waals surface area contributed by atoms with Gasteiger partial charge in [0.2, 0.25) is 0 Å². The molecule has 0 saturated carbocycles. The molecule has 1 aromatic heterocycles. The molecule has 0 aliphatic carbocycles. The Morgan fingerprint density at radius 1 is 1.29 bits per heavy atom. The maximum Gasteiger partial charge on any atom is 0.407 e. The van der Waals surface area contributed by atoms with Crippen LogP contribution in [0.3, 0.4) is 0 Å². The van der Waals surface area contributed by atoms with Crippen molar-refractivity contribution in [3.8, 4) is 0 Å². The van der Waals surface area contributed by atoms with Crippen molar-refractivity contribution in [3.63, 3.8) is 0 Å². The van der Waals surface area contributed by atoms with Crippen LogP contribution in [0.5, 0.6) is 0 Å². The normalized spacial score (nSPS) is 11.1. The van der Waals surface area contributed by atoms with Crippen molar-refractivity contribution in [1.29, 1.82) is 0 Å². The first kappa shape index (κ1) is 16.9. The second-order valence-electron chi connectivity index (χ2n) is 5.28. The summed E-state index contributed by atoms with van der Waals surface area (Å²) in [5.41, 5.74) is 0.00804. The summed E-state index contributed by atoms with van der Waals surface area (Å²) >= 11 is 0. The van der Waals surface area contributed by atoms with Gasteiger partial charge in [-0.3, -0.25) is 0 Å². The number of aryl methyl sites for hydroxylation is 1. The van der Waals surface area contributed by atoms with Gasteiger partial charge in [-0.25, -0.2) is 14.3 Å². The molecule has 1 amide bonds. The molecule has 0 fully saturated rings. The van der Waals surface area contributed by atoms with E-state index in [-0.39, 0.29) is 18.8 Å². The van der Waals surface area contributed by atoms with Gasteiger partial charge in [-0.05, 0) is 34.6 Å². The second-order valence-corrected chi connectivity index (χ2v) is 5.28. The van der Waals surface area contributed by atoms with E-state index in [0.29, 0.717) is 12.2 Å². The molecule has 8 heteroatoms. The fourth-order valence-electron chi connectivity index (χ4n) is 1.59. The standard InChI is InChI=1S/C13H22N4O4/c1-6-17-9(8-14-12(19)21-13(3,4)5)10(15-16-17)11(18)20-7-2/h6-8H2,1-5H3,(H,14,19). The maximum atomic E-state index is 11.8. The Morgan fingerprint density at radius 3 is 2.48 bits per heavy atom. The number of aromatic nitrogens is 3. The minimum Gasteiger partial charge on any atom is -0.461 e. The molecule has 0 aliphatic rings. The molecule has 8 nitrogen and oxygen atoms in total. The minimum atomic E-state index is -0.586. The Balaban J connectivity index is 2.79. The second kappa shape index (κ2) is 7.05. The van der Waals surface area contributed by atoms with Gasteiger partial charge in [-0.15, -0.1) is 5.10 Å². The number of nitrogens with one attached hydrogen (secondary N) is 1. The first-order valence-electron chi connectivity index (χ1n) is 6.84. The largest absolute Gasteiger partial charge is 0.461 e. The molecule has 0 spiro atoms. The van der Waals surface area contributed by atoms with Crippen LogP contribution in [0, 0.1) is 0 Å². The topological polar surface area (TPSA) is 95.3 Å². The first-order chi connectivity index (χ1) is 9.78.